The fourth-order valence-corrected chi connectivity index (χ4v) is 7.62. The van der Waals surface area contributed by atoms with E-state index in [0.717, 1.165) is 58.7 Å². The Kier molecular flexibility index (Phi) is 11.2. The summed E-state index contributed by atoms with van der Waals surface area (Å²) in [7, 11) is 0. The number of ether oxygens (including phenoxy) is 2. The summed E-state index contributed by atoms with van der Waals surface area (Å²) in [5.41, 5.74) is 5.82. The van der Waals surface area contributed by atoms with Crippen molar-refractivity contribution in [3.05, 3.63) is 124 Å². The van der Waals surface area contributed by atoms with E-state index in [0.29, 0.717) is 29.9 Å². The first kappa shape index (κ1) is 35.9. The number of hydrogen-bond acceptors (Lipinski definition) is 5. The van der Waals surface area contributed by atoms with Crippen LogP contribution < -0.4 is 10.1 Å². The summed E-state index contributed by atoms with van der Waals surface area (Å²) in [6.45, 7) is 6.45. The number of aliphatic carboxylic acids is 1. The highest BCUT2D eigenvalue weighted by Crippen LogP contribution is 2.45. The maximum Gasteiger partial charge on any atom is 0.338 e. The number of fused-ring (bicyclic) bond motifs is 2. The smallest absolute Gasteiger partial charge is 0.338 e. The number of benzene rings is 4. The molecular weight excluding hydrogens is 638 g/mol. The molecule has 1 atom stereocenters. The van der Waals surface area contributed by atoms with E-state index >= 15 is 0 Å². The third kappa shape index (κ3) is 9.26. The summed E-state index contributed by atoms with van der Waals surface area (Å²) < 4.78 is 12.3. The van der Waals surface area contributed by atoms with Crippen molar-refractivity contribution in [3.8, 4) is 11.5 Å². The number of anilines is 1. The Balaban J connectivity index is 1.18. The molecule has 1 aliphatic carbocycles. The molecule has 6 rings (SSSR count). The fraction of sp³-hybridized carbons (Fsp3) is 0.386. The van der Waals surface area contributed by atoms with Crippen LogP contribution in [-0.4, -0.2) is 29.1 Å². The van der Waals surface area contributed by atoms with Crippen molar-refractivity contribution >= 4 is 23.5 Å². The number of aryl methyl sites for hydroxylation is 1. The molecule has 266 valence electrons. The molecule has 0 aromatic heterocycles. The normalized spacial score (nSPS) is 15.2. The largest absolute Gasteiger partial charge is 0.481 e. The average Bonchev–Trinajstić information content (AvgIpc) is 3.10. The molecule has 1 saturated carbocycles. The van der Waals surface area contributed by atoms with Crippen LogP contribution in [0, 0.1) is 5.92 Å². The van der Waals surface area contributed by atoms with Crippen LogP contribution in [0.4, 0.5) is 5.69 Å². The molecule has 1 heterocycles. The van der Waals surface area contributed by atoms with Gasteiger partial charge >= 0.3 is 11.9 Å². The predicted octanol–water partition coefficient (Wildman–Crippen LogP) is 10.0. The zero-order chi connectivity index (χ0) is 36.0. The summed E-state index contributed by atoms with van der Waals surface area (Å²) in [5, 5.41) is 12.4. The zero-order valence-corrected chi connectivity index (χ0v) is 30.0. The molecule has 4 aromatic rings. The Bertz CT molecular complexity index is 1800. The van der Waals surface area contributed by atoms with Crippen LogP contribution in [0.25, 0.3) is 0 Å². The van der Waals surface area contributed by atoms with Gasteiger partial charge < -0.3 is 19.9 Å². The van der Waals surface area contributed by atoms with Crippen LogP contribution in [0.2, 0.25) is 0 Å². The maximum absolute atomic E-state index is 13.9. The standard InChI is InChI=1S/C44H49NO6/c1-44(2,3)37-24-20-30(26-38(37)45-41(46)28-36-34-13-7-9-15-39(34)51-40-16-10-8-14-35(36)40)19-23-33(25-29-11-5-4-6-12-29)50-43(49)32-21-17-31(18-22-32)27-42(47)48/h7-10,13-18,20-22,24,26,29,33,36H,4-6,11-12,19,23,25,27-28H2,1-3H3,(H,45,46)(H,47,48). The van der Waals surface area contributed by atoms with E-state index in [9.17, 15) is 14.4 Å². The van der Waals surface area contributed by atoms with Gasteiger partial charge in [0.25, 0.3) is 0 Å². The minimum Gasteiger partial charge on any atom is -0.481 e. The molecule has 7 heteroatoms. The van der Waals surface area contributed by atoms with E-state index in [1.54, 1.807) is 24.3 Å². The van der Waals surface area contributed by atoms with Gasteiger partial charge in [0.05, 0.1) is 12.0 Å². The lowest BCUT2D eigenvalue weighted by molar-refractivity contribution is -0.136. The lowest BCUT2D eigenvalue weighted by Gasteiger charge is -2.29. The highest BCUT2D eigenvalue weighted by atomic mass is 16.5. The number of nitrogens with one attached hydrogen (secondary N) is 1. The SMILES string of the molecule is CC(C)(C)c1ccc(CCC(CC2CCCCC2)OC(=O)c2ccc(CC(=O)O)cc2)cc1NC(=O)CC1c2ccccc2Oc2ccccc21. The lowest BCUT2D eigenvalue weighted by atomic mass is 9.83. The van der Waals surface area contributed by atoms with E-state index < -0.39 is 5.97 Å². The van der Waals surface area contributed by atoms with Crippen LogP contribution in [0.15, 0.2) is 91.0 Å². The predicted molar refractivity (Wildman–Crippen MR) is 200 cm³/mol. The second-order valence-corrected chi connectivity index (χ2v) is 15.2. The highest BCUT2D eigenvalue weighted by molar-refractivity contribution is 5.93. The summed E-state index contributed by atoms with van der Waals surface area (Å²) in [5.74, 6) is 0.601. The van der Waals surface area contributed by atoms with Crippen molar-refractivity contribution in [1.29, 1.82) is 0 Å². The molecule has 1 aliphatic heterocycles. The lowest BCUT2D eigenvalue weighted by Crippen LogP contribution is -2.24. The van der Waals surface area contributed by atoms with Gasteiger partial charge in [0, 0.05) is 29.2 Å². The molecule has 1 unspecified atom stereocenters. The van der Waals surface area contributed by atoms with Crippen LogP contribution in [0.5, 0.6) is 11.5 Å². The topological polar surface area (TPSA) is 102 Å². The van der Waals surface area contributed by atoms with Crippen LogP contribution in [-0.2, 0) is 32.6 Å². The van der Waals surface area contributed by atoms with Crippen LogP contribution in [0.3, 0.4) is 0 Å². The summed E-state index contributed by atoms with van der Waals surface area (Å²) in [6, 6.07) is 28.8. The van der Waals surface area contributed by atoms with Gasteiger partial charge in [0.2, 0.25) is 5.91 Å². The Labute approximate surface area is 301 Å². The second kappa shape index (κ2) is 16.0. The first-order valence-electron chi connectivity index (χ1n) is 18.3. The number of hydrogen-bond donors (Lipinski definition) is 2. The molecule has 0 radical (unpaired) electrons. The van der Waals surface area contributed by atoms with Crippen molar-refractivity contribution in [2.24, 2.45) is 5.92 Å². The van der Waals surface area contributed by atoms with E-state index in [1.165, 1.54) is 19.3 Å². The van der Waals surface area contributed by atoms with Gasteiger partial charge in [-0.2, -0.15) is 0 Å². The molecule has 0 spiro atoms. The van der Waals surface area contributed by atoms with Crippen molar-refractivity contribution in [2.75, 3.05) is 5.32 Å². The monoisotopic (exact) mass is 687 g/mol. The van der Waals surface area contributed by atoms with Gasteiger partial charge in [-0.25, -0.2) is 4.79 Å². The molecule has 2 aliphatic rings. The highest BCUT2D eigenvalue weighted by Gasteiger charge is 2.30. The summed E-state index contributed by atoms with van der Waals surface area (Å²) in [4.78, 5) is 38.3. The van der Waals surface area contributed by atoms with E-state index in [4.69, 9.17) is 14.6 Å². The van der Waals surface area contributed by atoms with Gasteiger partial charge in [0.15, 0.2) is 0 Å². The summed E-state index contributed by atoms with van der Waals surface area (Å²) in [6.07, 6.45) is 8.08. The zero-order valence-electron chi connectivity index (χ0n) is 30.0. The molecule has 0 bridgehead atoms. The number of carboxylic acids is 1. The molecular formula is C44H49NO6. The maximum atomic E-state index is 13.9. The number of carbonyl (C=O) groups excluding carboxylic acids is 2. The van der Waals surface area contributed by atoms with Gasteiger partial charge in [-0.3, -0.25) is 9.59 Å². The molecule has 4 aromatic carbocycles. The number of esters is 1. The number of carboxylic acid groups (broad SMARTS) is 1. The van der Waals surface area contributed by atoms with E-state index in [-0.39, 0.29) is 42.2 Å². The molecule has 1 fully saturated rings. The van der Waals surface area contributed by atoms with Gasteiger partial charge in [-0.1, -0.05) is 114 Å². The minimum absolute atomic E-state index is 0.0624. The number of amides is 1. The van der Waals surface area contributed by atoms with Crippen molar-refractivity contribution in [2.45, 2.75) is 102 Å². The molecule has 2 N–H and O–H groups in total. The van der Waals surface area contributed by atoms with Crippen molar-refractivity contribution in [3.63, 3.8) is 0 Å². The van der Waals surface area contributed by atoms with Gasteiger partial charge in [0.1, 0.15) is 17.6 Å². The first-order chi connectivity index (χ1) is 24.5. The Morgan fingerprint density at radius 1 is 0.843 bits per heavy atom. The van der Waals surface area contributed by atoms with Crippen molar-refractivity contribution < 1.29 is 29.0 Å². The Morgan fingerprint density at radius 2 is 1.47 bits per heavy atom. The van der Waals surface area contributed by atoms with Gasteiger partial charge in [-0.15, -0.1) is 0 Å². The number of para-hydroxylation sites is 2. The quantitative estimate of drug-likeness (QED) is 0.144. The summed E-state index contributed by atoms with van der Waals surface area (Å²) >= 11 is 0. The van der Waals surface area contributed by atoms with Gasteiger partial charge in [-0.05, 0) is 77.6 Å². The third-order valence-corrected chi connectivity index (χ3v) is 10.3. The van der Waals surface area contributed by atoms with E-state index in [1.807, 2.05) is 48.5 Å². The Morgan fingerprint density at radius 3 is 2.10 bits per heavy atom. The number of rotatable bonds is 12. The Hall–Kier alpha value is -4.91. The minimum atomic E-state index is -0.910. The van der Waals surface area contributed by atoms with Crippen LogP contribution in [0.1, 0.15) is 116 Å². The van der Waals surface area contributed by atoms with Crippen LogP contribution >= 0.6 is 0 Å². The first-order valence-corrected chi connectivity index (χ1v) is 18.3. The molecule has 7 nitrogen and oxygen atoms in total. The second-order valence-electron chi connectivity index (χ2n) is 15.2. The average molecular weight is 688 g/mol. The third-order valence-electron chi connectivity index (χ3n) is 10.3. The molecule has 1 amide bonds. The fourth-order valence-electron chi connectivity index (χ4n) is 7.62. The van der Waals surface area contributed by atoms with E-state index in [2.05, 4.69) is 44.3 Å². The van der Waals surface area contributed by atoms with Crippen molar-refractivity contribution in [1.82, 2.24) is 0 Å². The number of carbonyl (C=O) groups is 3. The molecule has 0 saturated heterocycles. The molecule has 51 heavy (non-hydrogen) atoms.